The fourth-order valence-electron chi connectivity index (χ4n) is 5.39. The smallest absolute Gasteiger partial charge is 0.264 e. The van der Waals surface area contributed by atoms with Crippen molar-refractivity contribution >= 4 is 50.7 Å². The van der Waals surface area contributed by atoms with Crippen molar-refractivity contribution in [1.29, 1.82) is 0 Å². The Bertz CT molecular complexity index is 1490. The van der Waals surface area contributed by atoms with Crippen molar-refractivity contribution in [1.82, 2.24) is 10.2 Å². The van der Waals surface area contributed by atoms with Crippen LogP contribution in [0.15, 0.2) is 77.7 Å². The third-order valence-corrected chi connectivity index (χ3v) is 10.0. The number of nitrogens with one attached hydrogen (secondary N) is 1. The van der Waals surface area contributed by atoms with E-state index in [1.165, 1.54) is 29.2 Å². The van der Waals surface area contributed by atoms with E-state index in [0.29, 0.717) is 28.8 Å². The molecule has 1 atom stereocenters. The maximum Gasteiger partial charge on any atom is 0.264 e. The Morgan fingerprint density at radius 1 is 0.886 bits per heavy atom. The molecule has 0 spiro atoms. The summed E-state index contributed by atoms with van der Waals surface area (Å²) in [5.41, 5.74) is 1.04. The fraction of sp³-hybridized carbons (Fsp3) is 0.394. The summed E-state index contributed by atoms with van der Waals surface area (Å²) in [6.45, 7) is 3.73. The molecule has 4 rings (SSSR count). The number of hydrogen-bond acceptors (Lipinski definition) is 5. The van der Waals surface area contributed by atoms with Gasteiger partial charge in [-0.2, -0.15) is 0 Å². The lowest BCUT2D eigenvalue weighted by atomic mass is 9.95. The Balaban J connectivity index is 1.70. The van der Waals surface area contributed by atoms with E-state index in [1.54, 1.807) is 48.5 Å². The monoisotopic (exact) mass is 659 g/mol. The summed E-state index contributed by atoms with van der Waals surface area (Å²) in [5.74, 6) is -0.187. The molecule has 236 valence electrons. The van der Waals surface area contributed by atoms with Crippen LogP contribution in [0, 0.1) is 0 Å². The van der Waals surface area contributed by atoms with E-state index in [4.69, 9.17) is 27.9 Å². The van der Waals surface area contributed by atoms with Crippen LogP contribution in [0.5, 0.6) is 5.75 Å². The second-order valence-electron chi connectivity index (χ2n) is 10.8. The zero-order chi connectivity index (χ0) is 31.7. The van der Waals surface area contributed by atoms with Gasteiger partial charge in [0.25, 0.3) is 10.0 Å². The van der Waals surface area contributed by atoms with Crippen molar-refractivity contribution in [2.75, 3.05) is 17.5 Å². The number of sulfonamides is 1. The lowest BCUT2D eigenvalue weighted by Crippen LogP contribution is -2.54. The van der Waals surface area contributed by atoms with Crippen LogP contribution in [-0.2, 0) is 26.2 Å². The molecule has 1 fully saturated rings. The van der Waals surface area contributed by atoms with Crippen molar-refractivity contribution in [2.24, 2.45) is 0 Å². The standard InChI is InChI=1S/C33H39Cl2N3O5S/c1-3-31(33(40)36-27-8-6-5-7-9-27)37(22-24-10-12-25(34)13-11-24)32(39)23-38(28-16-18-29(19-17-28)43-4-2)44(41,42)30-20-14-26(35)15-21-30/h10-21,27,31H,3-9,22-23H2,1-2H3,(H,36,40)/t31-/m0/s1. The van der Waals surface area contributed by atoms with Crippen LogP contribution in [0.2, 0.25) is 10.0 Å². The van der Waals surface area contributed by atoms with Crippen molar-refractivity contribution < 1.29 is 22.7 Å². The van der Waals surface area contributed by atoms with E-state index in [-0.39, 0.29) is 29.1 Å². The molecule has 44 heavy (non-hydrogen) atoms. The SMILES string of the molecule is CCOc1ccc(N(CC(=O)N(Cc2ccc(Cl)cc2)[C@@H](CC)C(=O)NC2CCCCC2)S(=O)(=O)c2ccc(Cl)cc2)cc1. The molecule has 1 N–H and O–H groups in total. The lowest BCUT2D eigenvalue weighted by Gasteiger charge is -2.34. The summed E-state index contributed by atoms with van der Waals surface area (Å²) in [6.07, 6.45) is 5.40. The number of rotatable bonds is 13. The maximum absolute atomic E-state index is 14.3. The second kappa shape index (κ2) is 15.6. The number of carbonyl (C=O) groups is 2. The molecule has 1 saturated carbocycles. The average molecular weight is 661 g/mol. The largest absolute Gasteiger partial charge is 0.494 e. The highest BCUT2D eigenvalue weighted by atomic mass is 35.5. The van der Waals surface area contributed by atoms with Crippen LogP contribution in [0.25, 0.3) is 0 Å². The topological polar surface area (TPSA) is 96.0 Å². The Morgan fingerprint density at radius 3 is 2.05 bits per heavy atom. The van der Waals surface area contributed by atoms with E-state index in [0.717, 1.165) is 42.0 Å². The summed E-state index contributed by atoms with van der Waals surface area (Å²) in [6, 6.07) is 18.6. The van der Waals surface area contributed by atoms with Gasteiger partial charge in [0.1, 0.15) is 18.3 Å². The van der Waals surface area contributed by atoms with Gasteiger partial charge in [-0.25, -0.2) is 8.42 Å². The summed E-state index contributed by atoms with van der Waals surface area (Å²) in [5, 5.41) is 4.08. The van der Waals surface area contributed by atoms with Gasteiger partial charge in [0.15, 0.2) is 0 Å². The molecular weight excluding hydrogens is 621 g/mol. The number of benzene rings is 3. The van der Waals surface area contributed by atoms with E-state index in [2.05, 4.69) is 5.32 Å². The molecule has 0 bridgehead atoms. The fourth-order valence-corrected chi connectivity index (χ4v) is 7.05. The van der Waals surface area contributed by atoms with Gasteiger partial charge in [0, 0.05) is 22.6 Å². The van der Waals surface area contributed by atoms with Crippen LogP contribution in [0.3, 0.4) is 0 Å². The lowest BCUT2D eigenvalue weighted by molar-refractivity contribution is -0.140. The minimum atomic E-state index is -4.21. The Labute approximate surface area is 270 Å². The van der Waals surface area contributed by atoms with Crippen molar-refractivity contribution in [3.8, 4) is 5.75 Å². The minimum Gasteiger partial charge on any atom is -0.494 e. The van der Waals surface area contributed by atoms with Gasteiger partial charge in [-0.3, -0.25) is 13.9 Å². The number of carbonyl (C=O) groups excluding carboxylic acids is 2. The van der Waals surface area contributed by atoms with Crippen LogP contribution in [0.4, 0.5) is 5.69 Å². The minimum absolute atomic E-state index is 0.0186. The summed E-state index contributed by atoms with van der Waals surface area (Å²) >= 11 is 12.1. The number of hydrogen-bond donors (Lipinski definition) is 1. The van der Waals surface area contributed by atoms with Crippen molar-refractivity contribution in [2.45, 2.75) is 75.9 Å². The molecular formula is C33H39Cl2N3O5S. The van der Waals surface area contributed by atoms with E-state index >= 15 is 0 Å². The highest BCUT2D eigenvalue weighted by Crippen LogP contribution is 2.28. The molecule has 1 aliphatic carbocycles. The van der Waals surface area contributed by atoms with Crippen LogP contribution < -0.4 is 14.4 Å². The molecule has 1 aliphatic rings. The number of anilines is 1. The van der Waals surface area contributed by atoms with Crippen LogP contribution >= 0.6 is 23.2 Å². The Morgan fingerprint density at radius 2 is 1.48 bits per heavy atom. The molecule has 0 saturated heterocycles. The molecule has 0 radical (unpaired) electrons. The Hall–Kier alpha value is -3.27. The first-order valence-corrected chi connectivity index (χ1v) is 17.2. The van der Waals surface area contributed by atoms with Gasteiger partial charge in [0.2, 0.25) is 11.8 Å². The van der Waals surface area contributed by atoms with E-state index < -0.39 is 28.5 Å². The zero-order valence-electron chi connectivity index (χ0n) is 25.0. The number of nitrogens with zero attached hydrogens (tertiary/aromatic N) is 2. The highest BCUT2D eigenvalue weighted by molar-refractivity contribution is 7.92. The van der Waals surface area contributed by atoms with Gasteiger partial charge < -0.3 is 15.0 Å². The van der Waals surface area contributed by atoms with Gasteiger partial charge in [0.05, 0.1) is 17.2 Å². The predicted molar refractivity (Wildman–Crippen MR) is 175 cm³/mol. The second-order valence-corrected chi connectivity index (χ2v) is 13.5. The summed E-state index contributed by atoms with van der Waals surface area (Å²) < 4.78 is 34.7. The molecule has 3 aromatic rings. The average Bonchev–Trinajstić information content (AvgIpc) is 3.02. The quantitative estimate of drug-likeness (QED) is 0.217. The van der Waals surface area contributed by atoms with Gasteiger partial charge in [-0.15, -0.1) is 0 Å². The molecule has 11 heteroatoms. The Kier molecular flexibility index (Phi) is 11.9. The van der Waals surface area contributed by atoms with Gasteiger partial charge >= 0.3 is 0 Å². The normalized spacial score (nSPS) is 14.5. The van der Waals surface area contributed by atoms with Crippen molar-refractivity contribution in [3.63, 3.8) is 0 Å². The van der Waals surface area contributed by atoms with Crippen LogP contribution in [-0.4, -0.2) is 50.4 Å². The summed E-state index contributed by atoms with van der Waals surface area (Å²) in [7, 11) is -4.21. The molecule has 0 aromatic heterocycles. The molecule has 3 aromatic carbocycles. The van der Waals surface area contributed by atoms with E-state index in [9.17, 15) is 18.0 Å². The number of amides is 2. The van der Waals surface area contributed by atoms with Gasteiger partial charge in [-0.05, 0) is 92.4 Å². The number of ether oxygens (including phenoxy) is 1. The predicted octanol–water partition coefficient (Wildman–Crippen LogP) is 6.84. The first-order chi connectivity index (χ1) is 21.1. The summed E-state index contributed by atoms with van der Waals surface area (Å²) in [4.78, 5) is 29.4. The first-order valence-electron chi connectivity index (χ1n) is 15.0. The van der Waals surface area contributed by atoms with Crippen LogP contribution in [0.1, 0.15) is 57.9 Å². The van der Waals surface area contributed by atoms with Crippen molar-refractivity contribution in [3.05, 3.63) is 88.4 Å². The number of halogens is 2. The maximum atomic E-state index is 14.3. The highest BCUT2D eigenvalue weighted by Gasteiger charge is 2.34. The molecule has 0 heterocycles. The zero-order valence-corrected chi connectivity index (χ0v) is 27.4. The first kappa shape index (κ1) is 33.6. The third kappa shape index (κ3) is 8.67. The molecule has 8 nitrogen and oxygen atoms in total. The molecule has 0 unspecified atom stereocenters. The molecule has 2 amide bonds. The van der Waals surface area contributed by atoms with E-state index in [1.807, 2.05) is 13.8 Å². The molecule has 0 aliphatic heterocycles. The third-order valence-electron chi connectivity index (χ3n) is 7.72. The van der Waals surface area contributed by atoms with Gasteiger partial charge in [-0.1, -0.05) is 61.5 Å².